The van der Waals surface area contributed by atoms with E-state index in [1.807, 2.05) is 0 Å². The van der Waals surface area contributed by atoms with Crippen LogP contribution in [0.4, 0.5) is 0 Å². The Hall–Kier alpha value is -0.0400. The van der Waals surface area contributed by atoms with E-state index in [-0.39, 0.29) is 0 Å². The van der Waals surface area contributed by atoms with Crippen LogP contribution in [0.2, 0.25) is 0 Å². The molecule has 1 nitrogen and oxygen atoms in total. The molecule has 1 aliphatic rings. The summed E-state index contributed by atoms with van der Waals surface area (Å²) < 4.78 is 0. The van der Waals surface area contributed by atoms with E-state index >= 15 is 0 Å². The van der Waals surface area contributed by atoms with E-state index in [1.165, 1.54) is 32.2 Å². The first-order valence-corrected chi connectivity index (χ1v) is 7.24. The van der Waals surface area contributed by atoms with Gasteiger partial charge in [0.25, 0.3) is 0 Å². The summed E-state index contributed by atoms with van der Waals surface area (Å²) in [5, 5.41) is 3.66. The molecule has 3 unspecified atom stereocenters. The maximum absolute atomic E-state index is 3.66. The third-order valence-electron chi connectivity index (χ3n) is 4.61. The van der Waals surface area contributed by atoms with Gasteiger partial charge in [-0.2, -0.15) is 0 Å². The Morgan fingerprint density at radius 3 is 2.44 bits per heavy atom. The summed E-state index contributed by atoms with van der Waals surface area (Å²) in [4.78, 5) is 0. The van der Waals surface area contributed by atoms with Gasteiger partial charge in [-0.1, -0.05) is 40.5 Å². The van der Waals surface area contributed by atoms with E-state index in [0.29, 0.717) is 6.04 Å². The molecule has 0 bridgehead atoms. The van der Waals surface area contributed by atoms with E-state index in [1.54, 1.807) is 0 Å². The Labute approximate surface area is 102 Å². The molecule has 1 aliphatic carbocycles. The lowest BCUT2D eigenvalue weighted by molar-refractivity contribution is 0.189. The van der Waals surface area contributed by atoms with Crippen LogP contribution in [-0.2, 0) is 0 Å². The predicted molar refractivity (Wildman–Crippen MR) is 72.6 cm³/mol. The first-order valence-electron chi connectivity index (χ1n) is 7.24. The van der Waals surface area contributed by atoms with Gasteiger partial charge in [-0.3, -0.25) is 0 Å². The maximum Gasteiger partial charge on any atom is 0.00617 e. The molecule has 0 saturated heterocycles. The minimum Gasteiger partial charge on any atom is -0.314 e. The monoisotopic (exact) mass is 225 g/mol. The van der Waals surface area contributed by atoms with Crippen LogP contribution in [-0.4, -0.2) is 12.6 Å². The molecule has 1 rings (SSSR count). The summed E-state index contributed by atoms with van der Waals surface area (Å²) in [5.41, 5.74) is 0. The fraction of sp³-hybridized carbons (Fsp3) is 1.00. The largest absolute Gasteiger partial charge is 0.314 e. The molecule has 16 heavy (non-hydrogen) atoms. The van der Waals surface area contributed by atoms with E-state index in [0.717, 1.165) is 23.7 Å². The van der Waals surface area contributed by atoms with Crippen molar-refractivity contribution in [2.75, 3.05) is 6.54 Å². The first-order chi connectivity index (χ1) is 7.50. The molecule has 1 N–H and O–H groups in total. The fourth-order valence-electron chi connectivity index (χ4n) is 2.78. The van der Waals surface area contributed by atoms with Crippen molar-refractivity contribution in [3.8, 4) is 0 Å². The van der Waals surface area contributed by atoms with E-state index in [4.69, 9.17) is 0 Å². The molecule has 0 aliphatic heterocycles. The molecular formula is C15H31N. The van der Waals surface area contributed by atoms with Gasteiger partial charge in [-0.05, 0) is 50.0 Å². The molecule has 1 saturated carbocycles. The molecule has 0 amide bonds. The zero-order valence-corrected chi connectivity index (χ0v) is 11.9. The highest BCUT2D eigenvalue weighted by Gasteiger charge is 2.24. The summed E-state index contributed by atoms with van der Waals surface area (Å²) in [5.74, 6) is 3.63. The lowest BCUT2D eigenvalue weighted by atomic mass is 9.74. The van der Waals surface area contributed by atoms with Crippen molar-refractivity contribution in [1.82, 2.24) is 5.32 Å². The maximum atomic E-state index is 3.66. The van der Waals surface area contributed by atoms with E-state index < -0.39 is 0 Å². The Kier molecular flexibility index (Phi) is 5.82. The van der Waals surface area contributed by atoms with Crippen molar-refractivity contribution in [3.63, 3.8) is 0 Å². The third kappa shape index (κ3) is 4.45. The summed E-state index contributed by atoms with van der Waals surface area (Å²) >= 11 is 0. The molecule has 1 heteroatoms. The minimum absolute atomic E-state index is 0.663. The highest BCUT2D eigenvalue weighted by molar-refractivity contribution is 4.77. The van der Waals surface area contributed by atoms with E-state index in [9.17, 15) is 0 Å². The minimum atomic E-state index is 0.663. The molecule has 1 fully saturated rings. The normalized spacial score (nSPS) is 33.0. The lowest BCUT2D eigenvalue weighted by Crippen LogP contribution is -2.33. The zero-order valence-electron chi connectivity index (χ0n) is 11.9. The Bertz CT molecular complexity index is 188. The summed E-state index contributed by atoms with van der Waals surface area (Å²) in [6.45, 7) is 13.0. The van der Waals surface area contributed by atoms with Crippen molar-refractivity contribution in [3.05, 3.63) is 0 Å². The molecule has 0 aromatic carbocycles. The SMILES string of the molecule is CC1CCC(C)[C@H](CCNC(C)C(C)C)C1. The summed E-state index contributed by atoms with van der Waals surface area (Å²) in [6, 6.07) is 0.663. The van der Waals surface area contributed by atoms with Crippen molar-refractivity contribution < 1.29 is 0 Å². The van der Waals surface area contributed by atoms with Gasteiger partial charge in [-0.25, -0.2) is 0 Å². The van der Waals surface area contributed by atoms with E-state index in [2.05, 4.69) is 39.9 Å². The second kappa shape index (κ2) is 6.64. The van der Waals surface area contributed by atoms with Crippen LogP contribution in [0.15, 0.2) is 0 Å². The third-order valence-corrected chi connectivity index (χ3v) is 4.61. The molecule has 4 atom stereocenters. The Balaban J connectivity index is 2.20. The number of nitrogens with one attached hydrogen (secondary N) is 1. The van der Waals surface area contributed by atoms with Gasteiger partial charge in [0.15, 0.2) is 0 Å². The fourth-order valence-corrected chi connectivity index (χ4v) is 2.78. The van der Waals surface area contributed by atoms with Crippen molar-refractivity contribution in [1.29, 1.82) is 0 Å². The number of hydrogen-bond donors (Lipinski definition) is 1. The topological polar surface area (TPSA) is 12.0 Å². The van der Waals surface area contributed by atoms with Crippen molar-refractivity contribution >= 4 is 0 Å². The van der Waals surface area contributed by atoms with Crippen LogP contribution in [0.1, 0.15) is 60.3 Å². The van der Waals surface area contributed by atoms with Crippen LogP contribution in [0.5, 0.6) is 0 Å². The molecule has 0 spiro atoms. The quantitative estimate of drug-likeness (QED) is 0.743. The molecule has 0 aromatic rings. The van der Waals surface area contributed by atoms with Crippen molar-refractivity contribution in [2.45, 2.75) is 66.3 Å². The van der Waals surface area contributed by atoms with Gasteiger partial charge < -0.3 is 5.32 Å². The average Bonchev–Trinajstić information content (AvgIpc) is 2.22. The van der Waals surface area contributed by atoms with Gasteiger partial charge in [0.05, 0.1) is 0 Å². The van der Waals surface area contributed by atoms with Gasteiger partial charge in [0, 0.05) is 6.04 Å². The van der Waals surface area contributed by atoms with Crippen LogP contribution in [0.25, 0.3) is 0 Å². The zero-order chi connectivity index (χ0) is 12.1. The van der Waals surface area contributed by atoms with Crippen LogP contribution >= 0.6 is 0 Å². The lowest BCUT2D eigenvalue weighted by Gasteiger charge is -2.33. The summed E-state index contributed by atoms with van der Waals surface area (Å²) in [6.07, 6.45) is 5.74. The van der Waals surface area contributed by atoms with Crippen molar-refractivity contribution in [2.24, 2.45) is 23.7 Å². The smallest absolute Gasteiger partial charge is 0.00617 e. The molecule has 96 valence electrons. The second-order valence-corrected chi connectivity index (χ2v) is 6.43. The molecular weight excluding hydrogens is 194 g/mol. The molecule has 0 heterocycles. The van der Waals surface area contributed by atoms with Crippen LogP contribution < -0.4 is 5.32 Å². The van der Waals surface area contributed by atoms with Gasteiger partial charge in [0.1, 0.15) is 0 Å². The summed E-state index contributed by atoms with van der Waals surface area (Å²) in [7, 11) is 0. The second-order valence-electron chi connectivity index (χ2n) is 6.43. The van der Waals surface area contributed by atoms with Crippen LogP contribution in [0, 0.1) is 23.7 Å². The predicted octanol–water partition coefficient (Wildman–Crippen LogP) is 4.08. The highest BCUT2D eigenvalue weighted by Crippen LogP contribution is 2.35. The van der Waals surface area contributed by atoms with Gasteiger partial charge in [-0.15, -0.1) is 0 Å². The standard InChI is InChI=1S/C15H31N/c1-11(2)14(5)16-9-8-15-10-12(3)6-7-13(15)4/h11-16H,6-10H2,1-5H3/t12?,13?,14?,15-/m1/s1. The average molecular weight is 225 g/mol. The Morgan fingerprint density at radius 2 is 1.81 bits per heavy atom. The number of hydrogen-bond acceptors (Lipinski definition) is 1. The number of rotatable bonds is 5. The van der Waals surface area contributed by atoms with Gasteiger partial charge >= 0.3 is 0 Å². The van der Waals surface area contributed by atoms with Crippen LogP contribution in [0.3, 0.4) is 0 Å². The Morgan fingerprint density at radius 1 is 1.12 bits per heavy atom. The molecule has 0 radical (unpaired) electrons. The highest BCUT2D eigenvalue weighted by atomic mass is 14.9. The molecule has 0 aromatic heterocycles. The first kappa shape index (κ1) is 14.0. The van der Waals surface area contributed by atoms with Gasteiger partial charge in [0.2, 0.25) is 0 Å².